The van der Waals surface area contributed by atoms with Gasteiger partial charge in [-0.25, -0.2) is 23.1 Å². The Morgan fingerprint density at radius 3 is 2.50 bits per heavy atom. The molecule has 0 bridgehead atoms. The Labute approximate surface area is 326 Å². The Kier molecular flexibility index (Phi) is 12.5. The van der Waals surface area contributed by atoms with Crippen LogP contribution in [-0.2, 0) is 26.3 Å². The number of alkyl halides is 2. The third-order valence-corrected chi connectivity index (χ3v) is 12.8. The number of hydrogen-bond acceptors (Lipinski definition) is 10. The first-order chi connectivity index (χ1) is 26.9. The van der Waals surface area contributed by atoms with Gasteiger partial charge >= 0.3 is 0 Å². The molecule has 0 saturated carbocycles. The van der Waals surface area contributed by atoms with E-state index in [0.29, 0.717) is 38.5 Å². The zero-order valence-corrected chi connectivity index (χ0v) is 32.6. The molecule has 1 spiro atoms. The van der Waals surface area contributed by atoms with Crippen LogP contribution in [0, 0.1) is 11.2 Å². The number of anilines is 1. The minimum Gasteiger partial charge on any atom is -0.451 e. The number of benzene rings is 2. The van der Waals surface area contributed by atoms with Crippen LogP contribution in [-0.4, -0.2) is 128 Å². The van der Waals surface area contributed by atoms with Gasteiger partial charge in [0.2, 0.25) is 0 Å². The van der Waals surface area contributed by atoms with E-state index in [4.69, 9.17) is 14.2 Å². The van der Waals surface area contributed by atoms with Crippen LogP contribution in [0.5, 0.6) is 11.5 Å². The lowest BCUT2D eigenvalue weighted by Gasteiger charge is -2.54. The maximum absolute atomic E-state index is 14.3. The van der Waals surface area contributed by atoms with Gasteiger partial charge in [-0.1, -0.05) is 30.3 Å². The molecule has 2 aromatic carbocycles. The van der Waals surface area contributed by atoms with E-state index in [1.165, 1.54) is 22.9 Å². The molecule has 17 heteroatoms. The molecule has 2 atom stereocenters. The molecular formula is C39H50F3N7O6S. The fraction of sp³-hybridized carbons (Fsp3) is 0.564. The zero-order chi connectivity index (χ0) is 39.5. The van der Waals surface area contributed by atoms with Crippen molar-refractivity contribution in [2.75, 3.05) is 63.9 Å². The van der Waals surface area contributed by atoms with Crippen LogP contribution in [0.2, 0.25) is 0 Å². The molecule has 1 N–H and O–H groups in total. The molecule has 0 aliphatic carbocycles. The van der Waals surface area contributed by atoms with E-state index in [-0.39, 0.29) is 40.7 Å². The standard InChI is InChI=1S/C39H50F3N7O6S/c1-27(2)49(21-36(41)42)38(50)33-16-29(40)8-11-34(33)55-35-17-43-26-44-37(35)47-24-39(25-47)12-14-46(15-13-39)18-31-10-9-30(23-54-31)45-56(51,52)48-19-32(20-48)53-22-28-6-4-3-5-7-28/h3-8,11,16-17,26-27,30-32,36,45H,9-10,12-15,18-25H2,1-2H3/t30-,31+/m1/s1. The molecule has 0 radical (unpaired) electrons. The largest absolute Gasteiger partial charge is 0.451 e. The monoisotopic (exact) mass is 801 g/mol. The summed E-state index contributed by atoms with van der Waals surface area (Å²) in [6, 6.07) is 12.5. The highest BCUT2D eigenvalue weighted by atomic mass is 32.2. The number of rotatable bonds is 15. The number of carbonyl (C=O) groups is 1. The molecule has 4 saturated heterocycles. The predicted molar refractivity (Wildman–Crippen MR) is 202 cm³/mol. The summed E-state index contributed by atoms with van der Waals surface area (Å²) in [5, 5.41) is 0. The van der Waals surface area contributed by atoms with Crippen molar-refractivity contribution in [3.05, 3.63) is 78.0 Å². The Balaban J connectivity index is 0.851. The SMILES string of the molecule is CC(C)N(CC(F)F)C(=O)c1cc(F)ccc1Oc1cncnc1N1CC2(CCN(C[C@@H]3CC[C@@H](NS(=O)(=O)N4CC(OCc5ccccc5)C4)CO3)CC2)C1. The Bertz CT molecular complexity index is 1900. The van der Waals surface area contributed by atoms with Gasteiger partial charge in [-0.3, -0.25) is 4.79 Å². The van der Waals surface area contributed by atoms with Gasteiger partial charge in [-0.15, -0.1) is 0 Å². The van der Waals surface area contributed by atoms with E-state index < -0.39 is 40.9 Å². The minimum absolute atomic E-state index is 0.0270. The van der Waals surface area contributed by atoms with Crippen LogP contribution in [0.4, 0.5) is 19.0 Å². The van der Waals surface area contributed by atoms with Crippen molar-refractivity contribution >= 4 is 21.9 Å². The van der Waals surface area contributed by atoms with E-state index in [9.17, 15) is 26.4 Å². The van der Waals surface area contributed by atoms with Gasteiger partial charge in [0.1, 0.15) is 17.9 Å². The highest BCUT2D eigenvalue weighted by molar-refractivity contribution is 7.87. The van der Waals surface area contributed by atoms with Crippen molar-refractivity contribution in [1.82, 2.24) is 28.8 Å². The second-order valence-electron chi connectivity index (χ2n) is 15.6. The summed E-state index contributed by atoms with van der Waals surface area (Å²) in [5.41, 5.74) is 0.997. The first-order valence-corrected chi connectivity index (χ1v) is 20.7. The van der Waals surface area contributed by atoms with Gasteiger partial charge in [0, 0.05) is 50.2 Å². The van der Waals surface area contributed by atoms with Gasteiger partial charge in [0.15, 0.2) is 11.6 Å². The molecule has 7 rings (SSSR count). The van der Waals surface area contributed by atoms with E-state index >= 15 is 0 Å². The van der Waals surface area contributed by atoms with Crippen molar-refractivity contribution in [3.8, 4) is 11.5 Å². The average Bonchev–Trinajstić information content (AvgIpc) is 3.14. The third kappa shape index (κ3) is 9.62. The van der Waals surface area contributed by atoms with E-state index in [2.05, 4.69) is 24.5 Å². The maximum Gasteiger partial charge on any atom is 0.279 e. The highest BCUT2D eigenvalue weighted by Gasteiger charge is 2.46. The molecule has 13 nitrogen and oxygen atoms in total. The van der Waals surface area contributed by atoms with Crippen molar-refractivity contribution in [2.24, 2.45) is 5.41 Å². The molecular weight excluding hydrogens is 752 g/mol. The molecule has 4 aliphatic heterocycles. The Hall–Kier alpha value is -3.87. The van der Waals surface area contributed by atoms with Gasteiger partial charge in [0.25, 0.3) is 22.5 Å². The van der Waals surface area contributed by atoms with E-state index in [1.807, 2.05) is 30.3 Å². The van der Waals surface area contributed by atoms with Crippen LogP contribution >= 0.6 is 0 Å². The van der Waals surface area contributed by atoms with Crippen LogP contribution in [0.15, 0.2) is 61.1 Å². The van der Waals surface area contributed by atoms with Crippen molar-refractivity contribution in [1.29, 1.82) is 0 Å². The lowest BCUT2D eigenvalue weighted by molar-refractivity contribution is -0.0351. The molecule has 1 aromatic heterocycles. The fourth-order valence-electron chi connectivity index (χ4n) is 7.87. The summed E-state index contributed by atoms with van der Waals surface area (Å²) in [7, 11) is -3.61. The number of amides is 1. The average molecular weight is 802 g/mol. The molecule has 1 amide bonds. The van der Waals surface area contributed by atoms with Crippen LogP contribution < -0.4 is 14.4 Å². The summed E-state index contributed by atoms with van der Waals surface area (Å²) in [6.45, 7) is 8.03. The third-order valence-electron chi connectivity index (χ3n) is 11.2. The Morgan fingerprint density at radius 2 is 1.82 bits per heavy atom. The number of hydrogen-bond donors (Lipinski definition) is 1. The topological polar surface area (TPSA) is 130 Å². The number of aromatic nitrogens is 2. The van der Waals surface area contributed by atoms with Gasteiger partial charge in [-0.2, -0.15) is 17.4 Å². The Morgan fingerprint density at radius 1 is 1.07 bits per heavy atom. The summed E-state index contributed by atoms with van der Waals surface area (Å²) >= 11 is 0. The smallest absolute Gasteiger partial charge is 0.279 e. The lowest BCUT2D eigenvalue weighted by Crippen LogP contribution is -2.61. The quantitative estimate of drug-likeness (QED) is 0.231. The van der Waals surface area contributed by atoms with Crippen LogP contribution in [0.3, 0.4) is 0 Å². The van der Waals surface area contributed by atoms with Gasteiger partial charge < -0.3 is 28.9 Å². The summed E-state index contributed by atoms with van der Waals surface area (Å²) in [6.07, 6.45) is 3.51. The number of nitrogens with zero attached hydrogens (tertiary/aromatic N) is 6. The van der Waals surface area contributed by atoms with E-state index in [0.717, 1.165) is 74.6 Å². The van der Waals surface area contributed by atoms with Gasteiger partial charge in [-0.05, 0) is 76.4 Å². The number of likely N-dealkylation sites (tertiary alicyclic amines) is 1. The number of halogens is 3. The zero-order valence-electron chi connectivity index (χ0n) is 31.7. The molecule has 304 valence electrons. The van der Waals surface area contributed by atoms with E-state index in [1.54, 1.807) is 13.8 Å². The highest BCUT2D eigenvalue weighted by Crippen LogP contribution is 2.45. The number of piperidine rings is 1. The minimum atomic E-state index is -3.61. The second kappa shape index (κ2) is 17.3. The first-order valence-electron chi connectivity index (χ1n) is 19.2. The molecule has 56 heavy (non-hydrogen) atoms. The van der Waals surface area contributed by atoms with Crippen LogP contribution in [0.25, 0.3) is 0 Å². The summed E-state index contributed by atoms with van der Waals surface area (Å²) in [5.74, 6) is -0.602. The predicted octanol–water partition coefficient (Wildman–Crippen LogP) is 4.71. The lowest BCUT2D eigenvalue weighted by atomic mass is 9.72. The number of nitrogens with one attached hydrogen (secondary N) is 1. The van der Waals surface area contributed by atoms with Crippen molar-refractivity contribution in [2.45, 2.75) is 76.9 Å². The molecule has 5 heterocycles. The van der Waals surface area contributed by atoms with Crippen molar-refractivity contribution in [3.63, 3.8) is 0 Å². The van der Waals surface area contributed by atoms with Gasteiger partial charge in [0.05, 0.1) is 43.7 Å². The normalized spacial score (nSPS) is 21.9. The number of ether oxygens (including phenoxy) is 3. The summed E-state index contributed by atoms with van der Waals surface area (Å²) < 4.78 is 89.3. The second-order valence-corrected chi connectivity index (χ2v) is 17.3. The molecule has 3 aromatic rings. The first kappa shape index (κ1) is 40.3. The molecule has 0 unspecified atom stereocenters. The number of carbonyl (C=O) groups excluding carboxylic acids is 1. The van der Waals surface area contributed by atoms with Crippen LogP contribution in [0.1, 0.15) is 55.5 Å². The molecule has 4 fully saturated rings. The fourth-order valence-corrected chi connectivity index (χ4v) is 9.36. The summed E-state index contributed by atoms with van der Waals surface area (Å²) in [4.78, 5) is 27.4. The maximum atomic E-state index is 14.3. The van der Waals surface area contributed by atoms with Crippen molar-refractivity contribution < 1.29 is 40.6 Å². The molecule has 4 aliphatic rings.